The van der Waals surface area contributed by atoms with Gasteiger partial charge in [-0.15, -0.1) is 0 Å². The molecule has 1 aliphatic rings. The van der Waals surface area contributed by atoms with Gasteiger partial charge in [0.25, 0.3) is 5.91 Å². The molecule has 2 N–H and O–H groups in total. The Bertz CT molecular complexity index is 447. The lowest BCUT2D eigenvalue weighted by molar-refractivity contribution is -0.122. The normalized spacial score (nSPS) is 14.2. The Kier molecular flexibility index (Phi) is 4.74. The van der Waals surface area contributed by atoms with Crippen molar-refractivity contribution in [1.29, 1.82) is 0 Å². The van der Waals surface area contributed by atoms with Crippen molar-refractivity contribution in [2.75, 3.05) is 13.2 Å². The van der Waals surface area contributed by atoms with E-state index in [4.69, 9.17) is 4.74 Å². The molecule has 0 unspecified atom stereocenters. The summed E-state index contributed by atoms with van der Waals surface area (Å²) in [6.45, 7) is 2.93. The minimum Gasteiger partial charge on any atom is -0.484 e. The molecule has 0 aliphatic heterocycles. The average molecular weight is 266 g/mol. The summed E-state index contributed by atoms with van der Waals surface area (Å²) in [6, 6.07) is 5.11. The summed E-state index contributed by atoms with van der Waals surface area (Å²) >= 11 is 0. The maximum atomic E-state index is 13.4. The number of ether oxygens (including phenoxy) is 1. The summed E-state index contributed by atoms with van der Waals surface area (Å²) < 4.78 is 18.7. The van der Waals surface area contributed by atoms with Crippen LogP contribution < -0.4 is 15.4 Å². The topological polar surface area (TPSA) is 50.4 Å². The van der Waals surface area contributed by atoms with Crippen molar-refractivity contribution in [3.8, 4) is 5.75 Å². The molecule has 1 fully saturated rings. The van der Waals surface area contributed by atoms with Crippen LogP contribution in [-0.4, -0.2) is 25.1 Å². The molecule has 2 rings (SSSR count). The number of amides is 1. The number of carbonyl (C=O) groups is 1. The number of nitrogens with one attached hydrogen (secondary N) is 2. The lowest BCUT2D eigenvalue weighted by Crippen LogP contribution is -2.28. The van der Waals surface area contributed by atoms with Crippen molar-refractivity contribution in [2.45, 2.75) is 32.4 Å². The smallest absolute Gasteiger partial charge is 0.257 e. The van der Waals surface area contributed by atoms with E-state index in [0.717, 1.165) is 5.56 Å². The van der Waals surface area contributed by atoms with Crippen LogP contribution in [0.2, 0.25) is 0 Å². The van der Waals surface area contributed by atoms with Gasteiger partial charge in [0.15, 0.2) is 6.61 Å². The number of rotatable bonds is 7. The average Bonchev–Trinajstić information content (AvgIpc) is 3.18. The highest BCUT2D eigenvalue weighted by Gasteiger charge is 2.20. The first kappa shape index (κ1) is 13.8. The van der Waals surface area contributed by atoms with Crippen LogP contribution in [-0.2, 0) is 11.3 Å². The van der Waals surface area contributed by atoms with Crippen molar-refractivity contribution in [2.24, 2.45) is 0 Å². The number of hydrogen-bond acceptors (Lipinski definition) is 3. The molecule has 5 heteroatoms. The van der Waals surface area contributed by atoms with Crippen molar-refractivity contribution < 1.29 is 13.9 Å². The number of hydrogen-bond donors (Lipinski definition) is 2. The summed E-state index contributed by atoms with van der Waals surface area (Å²) in [5.74, 6) is -0.163. The minimum absolute atomic E-state index is 0.0905. The van der Waals surface area contributed by atoms with Crippen LogP contribution in [0.15, 0.2) is 18.2 Å². The Morgan fingerprint density at radius 3 is 2.89 bits per heavy atom. The third-order valence-corrected chi connectivity index (χ3v) is 2.85. The molecule has 1 saturated carbocycles. The van der Waals surface area contributed by atoms with Gasteiger partial charge in [0.1, 0.15) is 11.6 Å². The molecule has 0 atom stereocenters. The quantitative estimate of drug-likeness (QED) is 0.788. The van der Waals surface area contributed by atoms with Crippen molar-refractivity contribution in [3.63, 3.8) is 0 Å². The van der Waals surface area contributed by atoms with Crippen molar-refractivity contribution >= 4 is 5.91 Å². The predicted octanol–water partition coefficient (Wildman–Crippen LogP) is 1.59. The third-order valence-electron chi connectivity index (χ3n) is 2.85. The summed E-state index contributed by atoms with van der Waals surface area (Å²) in [7, 11) is 0. The first-order chi connectivity index (χ1) is 9.17. The number of halogens is 1. The molecule has 0 aromatic heterocycles. The van der Waals surface area contributed by atoms with Crippen LogP contribution in [0.1, 0.15) is 25.3 Å². The monoisotopic (exact) mass is 266 g/mol. The van der Waals surface area contributed by atoms with Gasteiger partial charge < -0.3 is 15.4 Å². The highest BCUT2D eigenvalue weighted by Crippen LogP contribution is 2.21. The van der Waals surface area contributed by atoms with E-state index in [9.17, 15) is 9.18 Å². The fourth-order valence-corrected chi connectivity index (χ4v) is 1.75. The Morgan fingerprint density at radius 1 is 1.42 bits per heavy atom. The first-order valence-corrected chi connectivity index (χ1v) is 6.59. The molecule has 1 aromatic carbocycles. The summed E-state index contributed by atoms with van der Waals surface area (Å²) in [4.78, 5) is 11.3. The van der Waals surface area contributed by atoms with E-state index in [1.165, 1.54) is 25.0 Å². The van der Waals surface area contributed by atoms with E-state index in [1.807, 2.05) is 6.92 Å². The molecular formula is C14H19FN2O2. The Morgan fingerprint density at radius 2 is 2.21 bits per heavy atom. The second-order valence-corrected chi connectivity index (χ2v) is 4.69. The molecule has 1 aromatic rings. The lowest BCUT2D eigenvalue weighted by atomic mass is 10.2. The van der Waals surface area contributed by atoms with Gasteiger partial charge in [-0.1, -0.05) is 0 Å². The van der Waals surface area contributed by atoms with E-state index in [1.54, 1.807) is 6.07 Å². The molecular weight excluding hydrogens is 247 g/mol. The van der Waals surface area contributed by atoms with E-state index < -0.39 is 0 Å². The zero-order valence-corrected chi connectivity index (χ0v) is 11.0. The zero-order valence-electron chi connectivity index (χ0n) is 11.0. The van der Waals surface area contributed by atoms with Gasteiger partial charge >= 0.3 is 0 Å². The highest BCUT2D eigenvalue weighted by molar-refractivity contribution is 5.77. The maximum Gasteiger partial charge on any atom is 0.257 e. The molecule has 19 heavy (non-hydrogen) atoms. The molecule has 0 bridgehead atoms. The fourth-order valence-electron chi connectivity index (χ4n) is 1.75. The lowest BCUT2D eigenvalue weighted by Gasteiger charge is -2.09. The van der Waals surface area contributed by atoms with Crippen LogP contribution >= 0.6 is 0 Å². The number of benzene rings is 1. The van der Waals surface area contributed by atoms with Crippen molar-refractivity contribution in [3.05, 3.63) is 29.6 Å². The molecule has 0 saturated heterocycles. The highest BCUT2D eigenvalue weighted by atomic mass is 19.1. The summed E-state index contributed by atoms with van der Waals surface area (Å²) in [5, 5.41) is 5.93. The van der Waals surface area contributed by atoms with E-state index >= 15 is 0 Å². The van der Waals surface area contributed by atoms with Crippen LogP contribution in [0.5, 0.6) is 5.75 Å². The van der Waals surface area contributed by atoms with E-state index in [2.05, 4.69) is 10.6 Å². The largest absolute Gasteiger partial charge is 0.484 e. The number of likely N-dealkylation sites (N-methyl/N-ethyl adjacent to an activating group) is 1. The fraction of sp³-hybridized carbons (Fsp3) is 0.500. The SMILES string of the molecule is CCNC(=O)COc1cc(F)cc(CNC2CC2)c1. The summed E-state index contributed by atoms with van der Waals surface area (Å²) in [6.07, 6.45) is 2.38. The summed E-state index contributed by atoms with van der Waals surface area (Å²) in [5.41, 5.74) is 0.831. The minimum atomic E-state index is -0.346. The van der Waals surface area contributed by atoms with E-state index in [0.29, 0.717) is 24.9 Å². The molecule has 1 amide bonds. The van der Waals surface area contributed by atoms with Crippen LogP contribution in [0, 0.1) is 5.82 Å². The second kappa shape index (κ2) is 6.52. The van der Waals surface area contributed by atoms with Crippen LogP contribution in [0.3, 0.4) is 0 Å². The van der Waals surface area contributed by atoms with Crippen LogP contribution in [0.25, 0.3) is 0 Å². The van der Waals surface area contributed by atoms with Gasteiger partial charge in [0.2, 0.25) is 0 Å². The molecule has 0 radical (unpaired) electrons. The van der Waals surface area contributed by atoms with Gasteiger partial charge in [-0.2, -0.15) is 0 Å². The predicted molar refractivity (Wildman–Crippen MR) is 70.4 cm³/mol. The second-order valence-electron chi connectivity index (χ2n) is 4.69. The van der Waals surface area contributed by atoms with Gasteiger partial charge in [0.05, 0.1) is 0 Å². The number of carbonyl (C=O) groups excluding carboxylic acids is 1. The molecule has 0 spiro atoms. The molecule has 0 heterocycles. The van der Waals surface area contributed by atoms with Crippen LogP contribution in [0.4, 0.5) is 4.39 Å². The molecule has 1 aliphatic carbocycles. The van der Waals surface area contributed by atoms with E-state index in [-0.39, 0.29) is 18.3 Å². The van der Waals surface area contributed by atoms with Gasteiger partial charge in [-0.25, -0.2) is 4.39 Å². The molecule has 104 valence electrons. The standard InChI is InChI=1S/C14H19FN2O2/c1-2-16-14(18)9-19-13-6-10(5-11(15)7-13)8-17-12-3-4-12/h5-7,12,17H,2-4,8-9H2,1H3,(H,16,18). The van der Waals surface area contributed by atoms with Gasteiger partial charge in [-0.05, 0) is 37.5 Å². The van der Waals surface area contributed by atoms with Gasteiger partial charge in [-0.3, -0.25) is 4.79 Å². The molecule has 4 nitrogen and oxygen atoms in total. The maximum absolute atomic E-state index is 13.4. The Labute approximate surface area is 112 Å². The van der Waals surface area contributed by atoms with Gasteiger partial charge in [0, 0.05) is 25.2 Å². The third kappa shape index (κ3) is 4.87. The first-order valence-electron chi connectivity index (χ1n) is 6.59. The van der Waals surface area contributed by atoms with Crippen molar-refractivity contribution in [1.82, 2.24) is 10.6 Å². The zero-order chi connectivity index (χ0) is 13.7. The Hall–Kier alpha value is -1.62. The Balaban J connectivity index is 1.89.